The number of aliphatic hydroxyl groups excluding tert-OH is 1. The summed E-state index contributed by atoms with van der Waals surface area (Å²) in [5, 5.41) is 9.17. The van der Waals surface area contributed by atoms with Crippen LogP contribution in [0.2, 0.25) is 0 Å². The zero-order valence-electron chi connectivity index (χ0n) is 12.0. The minimum Gasteiger partial charge on any atom is -0.469 e. The van der Waals surface area contributed by atoms with Crippen molar-refractivity contribution < 1.29 is 14.6 Å². The van der Waals surface area contributed by atoms with Gasteiger partial charge in [-0.25, -0.2) is 0 Å². The van der Waals surface area contributed by atoms with Gasteiger partial charge in [-0.05, 0) is 37.4 Å². The van der Waals surface area contributed by atoms with Crippen molar-refractivity contribution in [3.63, 3.8) is 0 Å². The van der Waals surface area contributed by atoms with Crippen molar-refractivity contribution in [3.8, 4) is 0 Å². The molecule has 1 aromatic carbocycles. The molecule has 1 atom stereocenters. The van der Waals surface area contributed by atoms with Gasteiger partial charge < -0.3 is 14.7 Å². The second-order valence-electron chi connectivity index (χ2n) is 5.41. The number of likely N-dealkylation sites (tertiary alicyclic amines) is 1. The number of ether oxygens (including phenoxy) is 1. The lowest BCUT2D eigenvalue weighted by Gasteiger charge is -2.33. The Morgan fingerprint density at radius 3 is 2.55 bits per heavy atom. The molecule has 0 amide bonds. The Kier molecular flexibility index (Phi) is 5.56. The monoisotopic (exact) mass is 277 g/mol. The van der Waals surface area contributed by atoms with Crippen LogP contribution in [0.25, 0.3) is 0 Å². The summed E-state index contributed by atoms with van der Waals surface area (Å²) < 4.78 is 4.95. The molecule has 20 heavy (non-hydrogen) atoms. The second-order valence-corrected chi connectivity index (χ2v) is 5.41. The smallest absolute Gasteiger partial charge is 0.314 e. The van der Waals surface area contributed by atoms with Crippen LogP contribution in [0.4, 0.5) is 0 Å². The van der Waals surface area contributed by atoms with Crippen LogP contribution in [0.15, 0.2) is 30.3 Å². The van der Waals surface area contributed by atoms with Crippen molar-refractivity contribution in [3.05, 3.63) is 35.9 Å². The predicted octanol–water partition coefficient (Wildman–Crippen LogP) is 1.65. The van der Waals surface area contributed by atoms with E-state index in [1.165, 1.54) is 7.11 Å². The summed E-state index contributed by atoms with van der Waals surface area (Å²) in [5.41, 5.74) is 1.00. The molecule has 2 rings (SSSR count). The van der Waals surface area contributed by atoms with E-state index < -0.39 is 0 Å². The number of rotatable bonds is 5. The Labute approximate surface area is 120 Å². The molecule has 1 aromatic rings. The molecule has 0 aromatic heterocycles. The second kappa shape index (κ2) is 7.41. The molecule has 0 aliphatic carbocycles. The van der Waals surface area contributed by atoms with Crippen LogP contribution in [0.1, 0.15) is 24.3 Å². The van der Waals surface area contributed by atoms with Crippen molar-refractivity contribution in [2.45, 2.75) is 18.8 Å². The lowest BCUT2D eigenvalue weighted by atomic mass is 9.94. The van der Waals surface area contributed by atoms with Gasteiger partial charge in [0.1, 0.15) is 0 Å². The SMILES string of the molecule is COC(=O)C(CN1CCC(CO)CC1)c1ccccc1. The number of hydrogen-bond acceptors (Lipinski definition) is 4. The molecule has 0 spiro atoms. The summed E-state index contributed by atoms with van der Waals surface area (Å²) in [6.07, 6.45) is 2.00. The first-order chi connectivity index (χ1) is 9.74. The van der Waals surface area contributed by atoms with Crippen LogP contribution in [0.3, 0.4) is 0 Å². The van der Waals surface area contributed by atoms with Gasteiger partial charge in [-0.15, -0.1) is 0 Å². The van der Waals surface area contributed by atoms with E-state index in [-0.39, 0.29) is 18.5 Å². The Morgan fingerprint density at radius 2 is 2.00 bits per heavy atom. The highest BCUT2D eigenvalue weighted by molar-refractivity contribution is 5.78. The first-order valence-electron chi connectivity index (χ1n) is 7.20. The lowest BCUT2D eigenvalue weighted by molar-refractivity contribution is -0.143. The molecule has 1 aliphatic heterocycles. The highest BCUT2D eigenvalue weighted by Crippen LogP contribution is 2.22. The summed E-state index contributed by atoms with van der Waals surface area (Å²) in [5.74, 6) is 0.00640. The van der Waals surface area contributed by atoms with E-state index in [2.05, 4.69) is 4.90 Å². The van der Waals surface area contributed by atoms with Gasteiger partial charge in [0.15, 0.2) is 0 Å². The zero-order valence-corrected chi connectivity index (χ0v) is 12.0. The van der Waals surface area contributed by atoms with Crippen LogP contribution in [0, 0.1) is 5.92 Å². The summed E-state index contributed by atoms with van der Waals surface area (Å²) in [6, 6.07) is 9.79. The van der Waals surface area contributed by atoms with Crippen molar-refractivity contribution in [2.24, 2.45) is 5.92 Å². The van der Waals surface area contributed by atoms with Crippen LogP contribution >= 0.6 is 0 Å². The molecule has 1 fully saturated rings. The topological polar surface area (TPSA) is 49.8 Å². The third-order valence-electron chi connectivity index (χ3n) is 4.09. The third kappa shape index (κ3) is 3.81. The fourth-order valence-electron chi connectivity index (χ4n) is 2.75. The molecule has 0 radical (unpaired) electrons. The molecule has 1 heterocycles. The fraction of sp³-hybridized carbons (Fsp3) is 0.562. The highest BCUT2D eigenvalue weighted by atomic mass is 16.5. The van der Waals surface area contributed by atoms with Crippen LogP contribution in [-0.4, -0.2) is 49.3 Å². The summed E-state index contributed by atoms with van der Waals surface area (Å²) in [4.78, 5) is 14.3. The summed E-state index contributed by atoms with van der Waals surface area (Å²) in [6.45, 7) is 2.83. The average Bonchev–Trinajstić information content (AvgIpc) is 2.53. The highest BCUT2D eigenvalue weighted by Gasteiger charge is 2.26. The number of methoxy groups -OCH3 is 1. The fourth-order valence-corrected chi connectivity index (χ4v) is 2.75. The van der Waals surface area contributed by atoms with Crippen molar-refractivity contribution in [1.29, 1.82) is 0 Å². The number of carbonyl (C=O) groups is 1. The van der Waals surface area contributed by atoms with Crippen LogP contribution in [0.5, 0.6) is 0 Å². The molecular formula is C16H23NO3. The molecule has 0 saturated carbocycles. The van der Waals surface area contributed by atoms with Gasteiger partial charge in [-0.2, -0.15) is 0 Å². The van der Waals surface area contributed by atoms with Crippen molar-refractivity contribution in [1.82, 2.24) is 4.90 Å². The molecular weight excluding hydrogens is 254 g/mol. The number of carbonyl (C=O) groups excluding carboxylic acids is 1. The Hall–Kier alpha value is -1.39. The van der Waals surface area contributed by atoms with Crippen molar-refractivity contribution in [2.75, 3.05) is 33.4 Å². The molecule has 4 heteroatoms. The minimum absolute atomic E-state index is 0.180. The van der Waals surface area contributed by atoms with E-state index in [4.69, 9.17) is 4.74 Å². The first-order valence-corrected chi connectivity index (χ1v) is 7.20. The van der Waals surface area contributed by atoms with E-state index in [0.717, 1.165) is 31.5 Å². The normalized spacial score (nSPS) is 18.7. The van der Waals surface area contributed by atoms with E-state index in [9.17, 15) is 9.90 Å². The standard InChI is InChI=1S/C16H23NO3/c1-20-16(19)15(14-5-3-2-4-6-14)11-17-9-7-13(12-18)8-10-17/h2-6,13,15,18H,7-12H2,1H3. The first kappa shape index (κ1) is 15.0. The summed E-state index contributed by atoms with van der Waals surface area (Å²) >= 11 is 0. The molecule has 0 bridgehead atoms. The van der Waals surface area contributed by atoms with E-state index >= 15 is 0 Å². The number of nitrogens with zero attached hydrogens (tertiary/aromatic N) is 1. The maximum absolute atomic E-state index is 12.0. The van der Waals surface area contributed by atoms with Crippen molar-refractivity contribution >= 4 is 5.97 Å². The van der Waals surface area contributed by atoms with Gasteiger partial charge in [0, 0.05) is 13.2 Å². The van der Waals surface area contributed by atoms with Gasteiger partial charge in [0.05, 0.1) is 13.0 Å². The molecule has 1 saturated heterocycles. The maximum Gasteiger partial charge on any atom is 0.314 e. The zero-order chi connectivity index (χ0) is 14.4. The molecule has 1 aliphatic rings. The average molecular weight is 277 g/mol. The maximum atomic E-state index is 12.0. The molecule has 4 nitrogen and oxygen atoms in total. The largest absolute Gasteiger partial charge is 0.469 e. The quantitative estimate of drug-likeness (QED) is 0.831. The van der Waals surface area contributed by atoms with Gasteiger partial charge in [-0.1, -0.05) is 30.3 Å². The Bertz CT molecular complexity index is 413. The number of benzene rings is 1. The third-order valence-corrected chi connectivity index (χ3v) is 4.09. The molecule has 1 unspecified atom stereocenters. The lowest BCUT2D eigenvalue weighted by Crippen LogP contribution is -2.39. The van der Waals surface area contributed by atoms with E-state index in [1.54, 1.807) is 0 Å². The predicted molar refractivity (Wildman–Crippen MR) is 77.4 cm³/mol. The van der Waals surface area contributed by atoms with Crippen LogP contribution < -0.4 is 0 Å². The van der Waals surface area contributed by atoms with Crippen LogP contribution in [-0.2, 0) is 9.53 Å². The number of aliphatic hydroxyl groups is 1. The molecule has 1 N–H and O–H groups in total. The Balaban J connectivity index is 2.00. The van der Waals surface area contributed by atoms with Gasteiger partial charge in [0.25, 0.3) is 0 Å². The number of piperidine rings is 1. The van der Waals surface area contributed by atoms with Gasteiger partial charge >= 0.3 is 5.97 Å². The Morgan fingerprint density at radius 1 is 1.35 bits per heavy atom. The van der Waals surface area contributed by atoms with Gasteiger partial charge in [0.2, 0.25) is 0 Å². The summed E-state index contributed by atoms with van der Waals surface area (Å²) in [7, 11) is 1.44. The molecule has 110 valence electrons. The number of esters is 1. The number of hydrogen-bond donors (Lipinski definition) is 1. The van der Waals surface area contributed by atoms with E-state index in [0.29, 0.717) is 12.5 Å². The van der Waals surface area contributed by atoms with Gasteiger partial charge in [-0.3, -0.25) is 4.79 Å². The minimum atomic E-state index is -0.230. The van der Waals surface area contributed by atoms with E-state index in [1.807, 2.05) is 30.3 Å².